The first-order valence-corrected chi connectivity index (χ1v) is 11.6. The molecule has 1 aromatic carbocycles. The number of H-pyrrole nitrogens is 1. The summed E-state index contributed by atoms with van der Waals surface area (Å²) >= 11 is 0. The van der Waals surface area contributed by atoms with Gasteiger partial charge in [0, 0.05) is 25.0 Å². The number of anilines is 1. The van der Waals surface area contributed by atoms with Gasteiger partial charge < -0.3 is 9.40 Å². The molecule has 0 unspecified atom stereocenters. The Morgan fingerprint density at radius 2 is 2.06 bits per heavy atom. The number of aromatic nitrogens is 2. The molecule has 0 radical (unpaired) electrons. The van der Waals surface area contributed by atoms with Crippen LogP contribution in [-0.4, -0.2) is 48.4 Å². The summed E-state index contributed by atoms with van der Waals surface area (Å²) in [6, 6.07) is 6.09. The van der Waals surface area contributed by atoms with Crippen LogP contribution in [0.25, 0.3) is 10.9 Å². The lowest BCUT2D eigenvalue weighted by atomic mass is 9.98. The van der Waals surface area contributed by atoms with E-state index in [1.165, 1.54) is 30.9 Å². The maximum Gasteiger partial charge on any atom is 0.301 e. The van der Waals surface area contributed by atoms with Crippen LogP contribution in [0, 0.1) is 0 Å². The molecule has 0 atom stereocenters. The van der Waals surface area contributed by atoms with E-state index in [0.717, 1.165) is 22.0 Å². The third-order valence-corrected chi connectivity index (χ3v) is 7.03. The zero-order chi connectivity index (χ0) is 22.8. The third-order valence-electron chi connectivity index (χ3n) is 5.10. The molecule has 0 aliphatic rings. The molecule has 9 heteroatoms. The van der Waals surface area contributed by atoms with Crippen LogP contribution < -0.4 is 5.32 Å². The molecule has 0 fully saturated rings. The molecule has 2 aromatic heterocycles. The molecule has 0 bridgehead atoms. The molecule has 2 N–H and O–H groups in total. The number of nitrogens with zero attached hydrogens (tertiary/aromatic N) is 2. The molecular formula is C22H28N4O4S. The van der Waals surface area contributed by atoms with Gasteiger partial charge >= 0.3 is 6.01 Å². The highest BCUT2D eigenvalue weighted by Crippen LogP contribution is 2.30. The zero-order valence-electron chi connectivity index (χ0n) is 18.4. The number of rotatable bonds is 8. The lowest BCUT2D eigenvalue weighted by molar-refractivity contribution is 0.101. The summed E-state index contributed by atoms with van der Waals surface area (Å²) in [5.74, 6) is -0.173. The number of hydrogen-bond acceptors (Lipinski definition) is 5. The summed E-state index contributed by atoms with van der Waals surface area (Å²) in [7, 11) is -0.323. The van der Waals surface area contributed by atoms with Crippen molar-refractivity contribution in [2.45, 2.75) is 33.1 Å². The van der Waals surface area contributed by atoms with E-state index in [9.17, 15) is 13.2 Å². The van der Waals surface area contributed by atoms with E-state index < -0.39 is 10.0 Å². The molecule has 0 saturated carbocycles. The number of benzene rings is 1. The molecule has 0 saturated heterocycles. The lowest BCUT2D eigenvalue weighted by Gasteiger charge is -2.11. The Bertz CT molecular complexity index is 1210. The second-order valence-electron chi connectivity index (χ2n) is 7.99. The van der Waals surface area contributed by atoms with Gasteiger partial charge in [-0.1, -0.05) is 43.7 Å². The number of para-hydroxylation sites is 1. The van der Waals surface area contributed by atoms with Crippen molar-refractivity contribution in [1.29, 1.82) is 0 Å². The Morgan fingerprint density at radius 3 is 2.68 bits per heavy atom. The van der Waals surface area contributed by atoms with Gasteiger partial charge in [0.25, 0.3) is 5.91 Å². The van der Waals surface area contributed by atoms with Crippen molar-refractivity contribution in [2.75, 3.05) is 25.2 Å². The minimum atomic E-state index is -3.35. The molecule has 0 aliphatic carbocycles. The van der Waals surface area contributed by atoms with Crippen molar-refractivity contribution in [1.82, 2.24) is 14.3 Å². The second-order valence-corrected chi connectivity index (χ2v) is 10.2. The van der Waals surface area contributed by atoms with Gasteiger partial charge in [0.1, 0.15) is 12.0 Å². The highest BCUT2D eigenvalue weighted by Gasteiger charge is 2.21. The summed E-state index contributed by atoms with van der Waals surface area (Å²) in [4.78, 5) is 20.2. The predicted octanol–water partition coefficient (Wildman–Crippen LogP) is 3.91. The number of hydrogen-bond donors (Lipinski definition) is 2. The van der Waals surface area contributed by atoms with Crippen molar-refractivity contribution in [2.24, 2.45) is 0 Å². The van der Waals surface area contributed by atoms with E-state index in [1.54, 1.807) is 6.92 Å². The SMILES string of the molecule is CC(=CCc1c(C(=O)Nc2ncco2)[nH]c2c(C(C)C)cccc12)CS(=O)(=O)N(C)C. The Labute approximate surface area is 182 Å². The van der Waals surface area contributed by atoms with Crippen molar-refractivity contribution < 1.29 is 17.6 Å². The summed E-state index contributed by atoms with van der Waals surface area (Å²) in [5, 5.41) is 3.59. The first-order chi connectivity index (χ1) is 14.6. The zero-order valence-corrected chi connectivity index (χ0v) is 19.2. The molecule has 0 aliphatic heterocycles. The van der Waals surface area contributed by atoms with E-state index in [4.69, 9.17) is 4.42 Å². The molecule has 8 nitrogen and oxygen atoms in total. The second kappa shape index (κ2) is 9.07. The lowest BCUT2D eigenvalue weighted by Crippen LogP contribution is -2.25. The molecule has 166 valence electrons. The Hall–Kier alpha value is -2.91. The number of oxazole rings is 1. The fourth-order valence-electron chi connectivity index (χ4n) is 3.38. The Balaban J connectivity index is 2.02. The summed E-state index contributed by atoms with van der Waals surface area (Å²) in [5.41, 5.74) is 3.91. The minimum Gasteiger partial charge on any atom is -0.432 e. The van der Waals surface area contributed by atoms with Crippen molar-refractivity contribution in [3.05, 3.63) is 59.1 Å². The molecule has 31 heavy (non-hydrogen) atoms. The molecule has 3 rings (SSSR count). The maximum absolute atomic E-state index is 13.0. The van der Waals surface area contributed by atoms with Crippen LogP contribution >= 0.6 is 0 Å². The van der Waals surface area contributed by atoms with Gasteiger partial charge in [0.05, 0.1) is 11.9 Å². The Morgan fingerprint density at radius 1 is 1.32 bits per heavy atom. The highest BCUT2D eigenvalue weighted by molar-refractivity contribution is 7.89. The van der Waals surface area contributed by atoms with Gasteiger partial charge in [-0.3, -0.25) is 10.1 Å². The maximum atomic E-state index is 13.0. The fourth-order valence-corrected chi connectivity index (χ4v) is 4.33. The van der Waals surface area contributed by atoms with Gasteiger partial charge in [-0.15, -0.1) is 0 Å². The predicted molar refractivity (Wildman–Crippen MR) is 122 cm³/mol. The summed E-state index contributed by atoms with van der Waals surface area (Å²) in [6.45, 7) is 5.97. The third kappa shape index (κ3) is 5.05. The average molecular weight is 445 g/mol. The van der Waals surface area contributed by atoms with E-state index >= 15 is 0 Å². The van der Waals surface area contributed by atoms with E-state index in [2.05, 4.69) is 29.1 Å². The molecule has 2 heterocycles. The van der Waals surface area contributed by atoms with Crippen LogP contribution in [0.2, 0.25) is 0 Å². The number of amides is 1. The highest BCUT2D eigenvalue weighted by atomic mass is 32.2. The van der Waals surface area contributed by atoms with Gasteiger partial charge in [-0.2, -0.15) is 0 Å². The largest absolute Gasteiger partial charge is 0.432 e. The standard InChI is InChI=1S/C22H28N4O4S/c1-14(2)16-7-6-8-17-18(10-9-15(3)13-31(28,29)26(4)5)20(24-19(16)17)21(27)25-22-23-11-12-30-22/h6-9,11-12,14,24H,10,13H2,1-5H3,(H,23,25,27). The van der Waals surface area contributed by atoms with Gasteiger partial charge in [-0.25, -0.2) is 17.7 Å². The topological polar surface area (TPSA) is 108 Å². The summed E-state index contributed by atoms with van der Waals surface area (Å²) in [6.07, 6.45) is 5.10. The number of sulfonamides is 1. The van der Waals surface area contributed by atoms with E-state index in [0.29, 0.717) is 17.7 Å². The van der Waals surface area contributed by atoms with Crippen molar-refractivity contribution in [3.63, 3.8) is 0 Å². The van der Waals surface area contributed by atoms with E-state index in [1.807, 2.05) is 24.3 Å². The first kappa shape index (κ1) is 22.8. The molecular weight excluding hydrogens is 416 g/mol. The monoisotopic (exact) mass is 444 g/mol. The number of fused-ring (bicyclic) bond motifs is 1. The Kier molecular flexibility index (Phi) is 6.66. The van der Waals surface area contributed by atoms with Gasteiger partial charge in [-0.05, 0) is 30.4 Å². The fraction of sp³-hybridized carbons (Fsp3) is 0.364. The van der Waals surface area contributed by atoms with Crippen molar-refractivity contribution >= 4 is 32.8 Å². The smallest absolute Gasteiger partial charge is 0.301 e. The van der Waals surface area contributed by atoms with E-state index in [-0.39, 0.29) is 23.6 Å². The molecule has 3 aromatic rings. The number of carbonyl (C=O) groups is 1. The number of carbonyl (C=O) groups excluding carboxylic acids is 1. The van der Waals surface area contributed by atoms with Gasteiger partial charge in [0.2, 0.25) is 10.0 Å². The molecule has 1 amide bonds. The quantitative estimate of drug-likeness (QED) is 0.512. The number of aromatic amines is 1. The van der Waals surface area contributed by atoms with Crippen LogP contribution in [0.15, 0.2) is 46.7 Å². The van der Waals surface area contributed by atoms with Crippen LogP contribution in [0.4, 0.5) is 6.01 Å². The number of nitrogens with one attached hydrogen (secondary N) is 2. The summed E-state index contributed by atoms with van der Waals surface area (Å²) < 4.78 is 30.7. The van der Waals surface area contributed by atoms with Gasteiger partial charge in [0.15, 0.2) is 0 Å². The van der Waals surface area contributed by atoms with Crippen LogP contribution in [0.3, 0.4) is 0 Å². The normalized spacial score (nSPS) is 12.8. The van der Waals surface area contributed by atoms with Crippen molar-refractivity contribution in [3.8, 4) is 0 Å². The van der Waals surface area contributed by atoms with Crippen LogP contribution in [0.5, 0.6) is 0 Å². The number of allylic oxidation sites excluding steroid dienone is 1. The minimum absolute atomic E-state index is 0.0720. The molecule has 0 spiro atoms. The van der Waals surface area contributed by atoms with Crippen LogP contribution in [0.1, 0.15) is 48.3 Å². The average Bonchev–Trinajstić information content (AvgIpc) is 3.32. The first-order valence-electron chi connectivity index (χ1n) is 10.00. The van der Waals surface area contributed by atoms with Crippen LogP contribution in [-0.2, 0) is 16.4 Å².